The van der Waals surface area contributed by atoms with Gasteiger partial charge in [0.15, 0.2) is 0 Å². The zero-order valence-corrected chi connectivity index (χ0v) is 9.99. The van der Waals surface area contributed by atoms with E-state index in [2.05, 4.69) is 15.0 Å². The molecule has 0 saturated carbocycles. The summed E-state index contributed by atoms with van der Waals surface area (Å²) in [6.45, 7) is 0. The number of fused-ring (bicyclic) bond motifs is 1. The fraction of sp³-hybridized carbons (Fsp3) is 0.0714. The predicted molar refractivity (Wildman–Crippen MR) is 69.8 cm³/mol. The van der Waals surface area contributed by atoms with Crippen LogP contribution in [0.25, 0.3) is 11.0 Å². The lowest BCUT2D eigenvalue weighted by atomic mass is 9.99. The van der Waals surface area contributed by atoms with Crippen molar-refractivity contribution in [1.29, 1.82) is 0 Å². The normalized spacial score (nSPS) is 12.5. The van der Waals surface area contributed by atoms with Crippen LogP contribution in [-0.4, -0.2) is 15.0 Å². The van der Waals surface area contributed by atoms with Gasteiger partial charge >= 0.3 is 0 Å². The Bertz CT molecular complexity index is 724. The molecule has 0 aliphatic rings. The van der Waals surface area contributed by atoms with E-state index < -0.39 is 11.9 Å². The van der Waals surface area contributed by atoms with Gasteiger partial charge in [-0.2, -0.15) is 0 Å². The third kappa shape index (κ3) is 2.15. The molecule has 5 heteroatoms. The number of para-hydroxylation sites is 1. The number of benzene rings is 1. The maximum absolute atomic E-state index is 13.2. The van der Waals surface area contributed by atoms with Crippen molar-refractivity contribution in [2.45, 2.75) is 6.04 Å². The summed E-state index contributed by atoms with van der Waals surface area (Å²) in [6.07, 6.45) is 5.95. The number of hydrogen-bond donors (Lipinski definition) is 1. The average Bonchev–Trinajstić information content (AvgIpc) is 2.46. The third-order valence-corrected chi connectivity index (χ3v) is 2.95. The molecule has 0 saturated heterocycles. The quantitative estimate of drug-likeness (QED) is 0.761. The largest absolute Gasteiger partial charge is 0.320 e. The second-order valence-corrected chi connectivity index (χ2v) is 4.19. The molecule has 2 heterocycles. The van der Waals surface area contributed by atoms with E-state index in [-0.39, 0.29) is 0 Å². The zero-order valence-electron chi connectivity index (χ0n) is 9.99. The molecule has 4 nitrogen and oxygen atoms in total. The molecular formula is C14H11FN4. The SMILES string of the molecule is NC(c1cncc(F)c1)c1cccc2nccnc12. The molecular weight excluding hydrogens is 243 g/mol. The predicted octanol–water partition coefficient (Wildman–Crippen LogP) is 2.21. The van der Waals surface area contributed by atoms with Crippen LogP contribution >= 0.6 is 0 Å². The molecule has 0 amide bonds. The molecule has 2 N–H and O–H groups in total. The molecule has 2 aromatic heterocycles. The molecule has 3 aromatic rings. The summed E-state index contributed by atoms with van der Waals surface area (Å²) < 4.78 is 13.2. The van der Waals surface area contributed by atoms with Crippen LogP contribution in [0.1, 0.15) is 17.2 Å². The summed E-state index contributed by atoms with van der Waals surface area (Å²) >= 11 is 0. The Labute approximate surface area is 109 Å². The van der Waals surface area contributed by atoms with Crippen LogP contribution in [0.4, 0.5) is 4.39 Å². The van der Waals surface area contributed by atoms with Crippen molar-refractivity contribution in [3.05, 3.63) is 66.0 Å². The first kappa shape index (κ1) is 11.7. The Hall–Kier alpha value is -2.40. The highest BCUT2D eigenvalue weighted by Crippen LogP contribution is 2.24. The number of nitrogens with two attached hydrogens (primary N) is 1. The minimum Gasteiger partial charge on any atom is -0.320 e. The Kier molecular flexibility index (Phi) is 2.89. The van der Waals surface area contributed by atoms with Gasteiger partial charge in [0.05, 0.1) is 23.3 Å². The van der Waals surface area contributed by atoms with Gasteiger partial charge in [-0.15, -0.1) is 0 Å². The van der Waals surface area contributed by atoms with Crippen LogP contribution in [0, 0.1) is 5.82 Å². The smallest absolute Gasteiger partial charge is 0.141 e. The third-order valence-electron chi connectivity index (χ3n) is 2.95. The van der Waals surface area contributed by atoms with Crippen molar-refractivity contribution >= 4 is 11.0 Å². The summed E-state index contributed by atoms with van der Waals surface area (Å²) in [5.41, 5.74) is 9.08. The number of pyridine rings is 1. The summed E-state index contributed by atoms with van der Waals surface area (Å²) in [4.78, 5) is 12.3. The first-order chi connectivity index (χ1) is 9.25. The lowest BCUT2D eigenvalue weighted by Gasteiger charge is -2.13. The zero-order chi connectivity index (χ0) is 13.2. The van der Waals surface area contributed by atoms with E-state index >= 15 is 0 Å². The molecule has 3 rings (SSSR count). The van der Waals surface area contributed by atoms with Crippen molar-refractivity contribution in [2.75, 3.05) is 0 Å². The Morgan fingerprint density at radius 2 is 1.95 bits per heavy atom. The highest BCUT2D eigenvalue weighted by atomic mass is 19.1. The summed E-state index contributed by atoms with van der Waals surface area (Å²) in [6, 6.07) is 6.49. The lowest BCUT2D eigenvalue weighted by molar-refractivity contribution is 0.616. The van der Waals surface area contributed by atoms with Gasteiger partial charge in [-0.3, -0.25) is 15.0 Å². The Morgan fingerprint density at radius 1 is 1.11 bits per heavy atom. The number of halogens is 1. The van der Waals surface area contributed by atoms with Crippen molar-refractivity contribution in [3.8, 4) is 0 Å². The van der Waals surface area contributed by atoms with E-state index in [0.29, 0.717) is 5.56 Å². The highest BCUT2D eigenvalue weighted by Gasteiger charge is 2.14. The van der Waals surface area contributed by atoms with E-state index in [1.54, 1.807) is 18.6 Å². The van der Waals surface area contributed by atoms with Gasteiger partial charge in [-0.1, -0.05) is 12.1 Å². The van der Waals surface area contributed by atoms with E-state index in [9.17, 15) is 4.39 Å². The highest BCUT2D eigenvalue weighted by molar-refractivity contribution is 5.78. The molecule has 0 aliphatic heterocycles. The van der Waals surface area contributed by atoms with Gasteiger partial charge in [0.25, 0.3) is 0 Å². The minimum absolute atomic E-state index is 0.403. The first-order valence-corrected chi connectivity index (χ1v) is 5.81. The van der Waals surface area contributed by atoms with E-state index in [0.717, 1.165) is 22.8 Å². The first-order valence-electron chi connectivity index (χ1n) is 5.81. The maximum Gasteiger partial charge on any atom is 0.141 e. The molecule has 0 bridgehead atoms. The van der Waals surface area contributed by atoms with Gasteiger partial charge in [0.2, 0.25) is 0 Å². The van der Waals surface area contributed by atoms with Gasteiger partial charge < -0.3 is 5.73 Å². The van der Waals surface area contributed by atoms with Crippen LogP contribution in [0.3, 0.4) is 0 Å². The molecule has 1 unspecified atom stereocenters. The second kappa shape index (κ2) is 4.70. The van der Waals surface area contributed by atoms with Crippen LogP contribution in [0.2, 0.25) is 0 Å². The van der Waals surface area contributed by atoms with Crippen molar-refractivity contribution in [3.63, 3.8) is 0 Å². The minimum atomic E-state index is -0.483. The molecule has 94 valence electrons. The van der Waals surface area contributed by atoms with Crippen molar-refractivity contribution in [2.24, 2.45) is 5.73 Å². The van der Waals surface area contributed by atoms with Crippen LogP contribution in [-0.2, 0) is 0 Å². The molecule has 0 spiro atoms. The average molecular weight is 254 g/mol. The summed E-state index contributed by atoms with van der Waals surface area (Å²) in [7, 11) is 0. The van der Waals surface area contributed by atoms with Crippen LogP contribution in [0.5, 0.6) is 0 Å². The molecule has 1 atom stereocenters. The fourth-order valence-corrected chi connectivity index (χ4v) is 2.04. The molecule has 1 aromatic carbocycles. The van der Waals surface area contributed by atoms with Gasteiger partial charge in [-0.25, -0.2) is 4.39 Å². The molecule has 0 radical (unpaired) electrons. The Balaban J connectivity index is 2.14. The van der Waals surface area contributed by atoms with Crippen molar-refractivity contribution < 1.29 is 4.39 Å². The number of hydrogen-bond acceptors (Lipinski definition) is 4. The van der Waals surface area contributed by atoms with Crippen LogP contribution < -0.4 is 5.73 Å². The van der Waals surface area contributed by atoms with Gasteiger partial charge in [0, 0.05) is 24.2 Å². The number of aromatic nitrogens is 3. The Morgan fingerprint density at radius 3 is 2.79 bits per heavy atom. The van der Waals surface area contributed by atoms with Crippen LogP contribution in [0.15, 0.2) is 49.1 Å². The molecule has 19 heavy (non-hydrogen) atoms. The monoisotopic (exact) mass is 254 g/mol. The standard InChI is InChI=1S/C14H11FN4/c15-10-6-9(7-17-8-10)13(16)11-2-1-3-12-14(11)19-5-4-18-12/h1-8,13H,16H2. The van der Waals surface area contributed by atoms with Crippen molar-refractivity contribution in [1.82, 2.24) is 15.0 Å². The number of rotatable bonds is 2. The topological polar surface area (TPSA) is 64.7 Å². The van der Waals surface area contributed by atoms with E-state index in [4.69, 9.17) is 5.73 Å². The summed E-state index contributed by atoms with van der Waals surface area (Å²) in [5, 5.41) is 0. The fourth-order valence-electron chi connectivity index (χ4n) is 2.04. The van der Waals surface area contributed by atoms with E-state index in [1.807, 2.05) is 18.2 Å². The summed E-state index contributed by atoms with van der Waals surface area (Å²) in [5.74, 6) is -0.403. The second-order valence-electron chi connectivity index (χ2n) is 4.19. The number of nitrogens with zero attached hydrogens (tertiary/aromatic N) is 3. The molecule has 0 aliphatic carbocycles. The van der Waals surface area contributed by atoms with Gasteiger partial charge in [0.1, 0.15) is 5.82 Å². The van der Waals surface area contributed by atoms with E-state index in [1.165, 1.54) is 6.07 Å². The molecule has 0 fully saturated rings. The maximum atomic E-state index is 13.2. The van der Waals surface area contributed by atoms with Gasteiger partial charge in [-0.05, 0) is 17.7 Å². The lowest BCUT2D eigenvalue weighted by Crippen LogP contribution is -2.13.